The van der Waals surface area contributed by atoms with Gasteiger partial charge in [-0.2, -0.15) is 0 Å². The molecule has 4 heteroatoms. The molecule has 2 atom stereocenters. The second-order valence-corrected chi connectivity index (χ2v) is 6.26. The molecule has 2 aromatic carbocycles. The van der Waals surface area contributed by atoms with E-state index in [0.29, 0.717) is 0 Å². The summed E-state index contributed by atoms with van der Waals surface area (Å²) in [6.45, 7) is 0. The van der Waals surface area contributed by atoms with Gasteiger partial charge in [0.25, 0.3) is 0 Å². The molecule has 0 N–H and O–H groups in total. The van der Waals surface area contributed by atoms with E-state index in [-0.39, 0.29) is 9.84 Å². The van der Waals surface area contributed by atoms with E-state index in [4.69, 9.17) is 9.15 Å². The third kappa shape index (κ3) is 2.76. The highest BCUT2D eigenvalue weighted by Crippen LogP contribution is 2.43. The SMILES string of the molecule is BrC1Oc2ccccc2C1Br.c1ccc2occc2c1. The largest absolute Gasteiger partial charge is 0.477 e. The monoisotopic (exact) mass is 394 g/mol. The van der Waals surface area contributed by atoms with Crippen LogP contribution in [0.15, 0.2) is 65.3 Å². The Labute approximate surface area is 134 Å². The summed E-state index contributed by atoms with van der Waals surface area (Å²) in [6, 6.07) is 17.9. The maximum absolute atomic E-state index is 5.49. The van der Waals surface area contributed by atoms with Crippen molar-refractivity contribution in [1.29, 1.82) is 0 Å². The molecule has 0 amide bonds. The number of ether oxygens (including phenoxy) is 1. The van der Waals surface area contributed by atoms with Crippen molar-refractivity contribution in [3.05, 3.63) is 66.4 Å². The van der Waals surface area contributed by atoms with Gasteiger partial charge in [-0.05, 0) is 34.1 Å². The van der Waals surface area contributed by atoms with E-state index in [1.54, 1.807) is 6.26 Å². The molecule has 3 aromatic rings. The number of para-hydroxylation sites is 2. The minimum atomic E-state index is 0.0694. The summed E-state index contributed by atoms with van der Waals surface area (Å²) in [5.41, 5.74) is 2.17. The maximum atomic E-state index is 5.49. The lowest BCUT2D eigenvalue weighted by molar-refractivity contribution is 0.329. The van der Waals surface area contributed by atoms with Crippen molar-refractivity contribution in [3.63, 3.8) is 0 Å². The minimum absolute atomic E-state index is 0.0694. The Morgan fingerprint density at radius 2 is 1.60 bits per heavy atom. The van der Waals surface area contributed by atoms with Gasteiger partial charge >= 0.3 is 0 Å². The highest BCUT2D eigenvalue weighted by molar-refractivity contribution is 9.12. The quantitative estimate of drug-likeness (QED) is 0.457. The molecule has 0 saturated heterocycles. The van der Waals surface area contributed by atoms with Gasteiger partial charge < -0.3 is 9.15 Å². The van der Waals surface area contributed by atoms with Crippen LogP contribution in [0, 0.1) is 0 Å². The number of hydrogen-bond acceptors (Lipinski definition) is 2. The minimum Gasteiger partial charge on any atom is -0.477 e. The number of fused-ring (bicyclic) bond motifs is 2. The summed E-state index contributed by atoms with van der Waals surface area (Å²) in [4.78, 5) is 0.277. The molecular weight excluding hydrogens is 384 g/mol. The highest BCUT2D eigenvalue weighted by Gasteiger charge is 2.29. The Kier molecular flexibility index (Phi) is 4.13. The number of halogens is 2. The van der Waals surface area contributed by atoms with Crippen molar-refractivity contribution in [3.8, 4) is 5.75 Å². The molecule has 0 radical (unpaired) electrons. The Morgan fingerprint density at radius 1 is 0.850 bits per heavy atom. The van der Waals surface area contributed by atoms with Gasteiger partial charge in [0.1, 0.15) is 11.3 Å². The van der Waals surface area contributed by atoms with E-state index in [1.165, 1.54) is 5.56 Å². The van der Waals surface area contributed by atoms with Gasteiger partial charge in [0.15, 0.2) is 5.01 Å². The fourth-order valence-electron chi connectivity index (χ4n) is 2.04. The summed E-state index contributed by atoms with van der Waals surface area (Å²) in [5.74, 6) is 0.969. The number of hydrogen-bond donors (Lipinski definition) is 0. The molecule has 0 fully saturated rings. The molecule has 0 spiro atoms. The smallest absolute Gasteiger partial charge is 0.169 e. The number of furan rings is 1. The topological polar surface area (TPSA) is 22.4 Å². The molecule has 1 aliphatic heterocycles. The first-order valence-electron chi connectivity index (χ1n) is 6.21. The van der Waals surface area contributed by atoms with Gasteiger partial charge in [0.05, 0.1) is 11.1 Å². The predicted octanol–water partition coefficient (Wildman–Crippen LogP) is 5.67. The first kappa shape index (κ1) is 13.7. The maximum Gasteiger partial charge on any atom is 0.169 e. The lowest BCUT2D eigenvalue weighted by atomic mass is 10.2. The number of rotatable bonds is 0. The summed E-state index contributed by atoms with van der Waals surface area (Å²) in [7, 11) is 0. The van der Waals surface area contributed by atoms with Gasteiger partial charge in [-0.25, -0.2) is 0 Å². The molecular formula is C16H12Br2O2. The van der Waals surface area contributed by atoms with Crippen LogP contribution in [-0.4, -0.2) is 5.01 Å². The standard InChI is InChI=1S/C8H6Br2O.C8H6O/c9-7-5-3-1-2-4-6(5)11-8(7)10;1-2-4-8-7(3-1)5-6-9-8/h1-4,7-8H;1-6H. The van der Waals surface area contributed by atoms with E-state index in [0.717, 1.165) is 16.7 Å². The Balaban J connectivity index is 0.000000123. The summed E-state index contributed by atoms with van der Waals surface area (Å²) in [6.07, 6.45) is 1.70. The van der Waals surface area contributed by atoms with E-state index >= 15 is 0 Å². The molecule has 2 heterocycles. The second kappa shape index (κ2) is 6.02. The lowest BCUT2D eigenvalue weighted by Crippen LogP contribution is -2.03. The number of alkyl halides is 2. The Morgan fingerprint density at radius 3 is 2.40 bits per heavy atom. The van der Waals surface area contributed by atoms with Crippen LogP contribution in [0.4, 0.5) is 0 Å². The van der Waals surface area contributed by atoms with Crippen LogP contribution in [0.25, 0.3) is 11.0 Å². The van der Waals surface area contributed by atoms with Crippen molar-refractivity contribution in [2.24, 2.45) is 0 Å². The molecule has 2 nitrogen and oxygen atoms in total. The van der Waals surface area contributed by atoms with Gasteiger partial charge in [-0.15, -0.1) is 0 Å². The van der Waals surface area contributed by atoms with Crippen LogP contribution < -0.4 is 4.74 Å². The van der Waals surface area contributed by atoms with Crippen LogP contribution >= 0.6 is 31.9 Å². The first-order valence-corrected chi connectivity index (χ1v) is 8.05. The van der Waals surface area contributed by atoms with E-state index in [2.05, 4.69) is 37.9 Å². The second-order valence-electron chi connectivity index (χ2n) is 4.37. The van der Waals surface area contributed by atoms with Crippen molar-refractivity contribution >= 4 is 42.8 Å². The molecule has 0 bridgehead atoms. The number of benzene rings is 2. The zero-order chi connectivity index (χ0) is 13.9. The zero-order valence-corrected chi connectivity index (χ0v) is 13.7. The van der Waals surface area contributed by atoms with Crippen molar-refractivity contribution in [1.82, 2.24) is 0 Å². The normalized spacial score (nSPS) is 19.9. The molecule has 1 aromatic heterocycles. The van der Waals surface area contributed by atoms with Crippen molar-refractivity contribution in [2.75, 3.05) is 0 Å². The molecule has 4 rings (SSSR count). The summed E-state index contributed by atoms with van der Waals surface area (Å²) < 4.78 is 10.6. The van der Waals surface area contributed by atoms with Crippen LogP contribution in [-0.2, 0) is 0 Å². The molecule has 1 aliphatic rings. The third-order valence-corrected chi connectivity index (χ3v) is 5.45. The van der Waals surface area contributed by atoms with E-state index in [1.807, 2.05) is 48.5 Å². The zero-order valence-electron chi connectivity index (χ0n) is 10.5. The van der Waals surface area contributed by atoms with Gasteiger partial charge in [0.2, 0.25) is 0 Å². The average Bonchev–Trinajstić information content (AvgIpc) is 3.06. The van der Waals surface area contributed by atoms with Crippen LogP contribution in [0.2, 0.25) is 0 Å². The molecule has 0 saturated carbocycles. The Hall–Kier alpha value is -1.26. The molecule has 0 aliphatic carbocycles. The Bertz CT molecular complexity index is 678. The lowest BCUT2D eigenvalue weighted by Gasteiger charge is -2.03. The van der Waals surface area contributed by atoms with Crippen LogP contribution in [0.3, 0.4) is 0 Å². The average molecular weight is 396 g/mol. The van der Waals surface area contributed by atoms with Gasteiger partial charge in [-0.1, -0.05) is 52.3 Å². The summed E-state index contributed by atoms with van der Waals surface area (Å²) in [5, 5.41) is 1.23. The van der Waals surface area contributed by atoms with Gasteiger partial charge in [0, 0.05) is 10.9 Å². The van der Waals surface area contributed by atoms with E-state index < -0.39 is 0 Å². The predicted molar refractivity (Wildman–Crippen MR) is 87.7 cm³/mol. The first-order chi connectivity index (χ1) is 9.75. The molecule has 2 unspecified atom stereocenters. The fourth-order valence-corrected chi connectivity index (χ4v) is 3.02. The summed E-state index contributed by atoms with van der Waals surface area (Å²) >= 11 is 6.95. The van der Waals surface area contributed by atoms with Crippen molar-refractivity contribution in [2.45, 2.75) is 9.84 Å². The van der Waals surface area contributed by atoms with Crippen LogP contribution in [0.5, 0.6) is 5.75 Å². The molecule has 102 valence electrons. The van der Waals surface area contributed by atoms with Crippen LogP contribution in [0.1, 0.15) is 10.4 Å². The van der Waals surface area contributed by atoms with Crippen molar-refractivity contribution < 1.29 is 9.15 Å². The third-order valence-electron chi connectivity index (χ3n) is 3.05. The highest BCUT2D eigenvalue weighted by atomic mass is 79.9. The fraction of sp³-hybridized carbons (Fsp3) is 0.125. The molecule has 20 heavy (non-hydrogen) atoms. The van der Waals surface area contributed by atoms with E-state index in [9.17, 15) is 0 Å². The van der Waals surface area contributed by atoms with Gasteiger partial charge in [-0.3, -0.25) is 0 Å².